The van der Waals surface area contributed by atoms with Crippen molar-refractivity contribution in [3.63, 3.8) is 0 Å². The van der Waals surface area contributed by atoms with Gasteiger partial charge in [-0.2, -0.15) is 0 Å². The van der Waals surface area contributed by atoms with Crippen molar-refractivity contribution in [3.05, 3.63) is 11.6 Å². The van der Waals surface area contributed by atoms with E-state index in [4.69, 9.17) is 23.7 Å². The molecule has 5 aliphatic carbocycles. The van der Waals surface area contributed by atoms with Crippen molar-refractivity contribution in [2.24, 2.45) is 44.8 Å². The largest absolute Gasteiger partial charge is 0.462 e. The average Bonchev–Trinajstić information content (AvgIpc) is 3.52. The smallest absolute Gasteiger partial charge is 0.302 e. The Balaban J connectivity index is 1.15. The molecule has 2 spiro atoms. The van der Waals surface area contributed by atoms with Gasteiger partial charge in [-0.3, -0.25) is 4.79 Å². The monoisotopic (exact) mass is 676 g/mol. The molecule has 11 heteroatoms. The highest BCUT2D eigenvalue weighted by Crippen LogP contribution is 2.88. The molecule has 0 amide bonds. The third kappa shape index (κ3) is 3.89. The SMILES string of the molecule is CC(=O)O[C@@H]1C[C@@]23C[C@@]24CC[C@H](O[C@@H]2OC[C@@H](O)[C@H](O)[C@H]2O)C(C)(C)C4CC=C3[C@]2(C)C[C@@H]3O[C@@]4(O)[C@H](OC(C)(C)[C@H]4O)[C@@H](C)[C@@H]3[C@@]12C. The van der Waals surface area contributed by atoms with Crippen LogP contribution in [0.1, 0.15) is 93.9 Å². The van der Waals surface area contributed by atoms with Gasteiger partial charge >= 0.3 is 5.97 Å². The molecule has 11 nitrogen and oxygen atoms in total. The molecular formula is C37H56O11. The fourth-order valence-electron chi connectivity index (χ4n) is 13.5. The normalized spacial score (nSPS) is 58.7. The molecule has 270 valence electrons. The van der Waals surface area contributed by atoms with Gasteiger partial charge in [0.1, 0.15) is 36.6 Å². The number of hydrogen-bond donors (Lipinski definition) is 5. The van der Waals surface area contributed by atoms with Gasteiger partial charge in [0.05, 0.1) is 24.4 Å². The fourth-order valence-corrected chi connectivity index (χ4v) is 13.5. The summed E-state index contributed by atoms with van der Waals surface area (Å²) in [6, 6.07) is 0. The van der Waals surface area contributed by atoms with Crippen molar-refractivity contribution in [1.29, 1.82) is 0 Å². The van der Waals surface area contributed by atoms with Crippen LogP contribution in [0.2, 0.25) is 0 Å². The van der Waals surface area contributed by atoms with Crippen molar-refractivity contribution in [3.8, 4) is 0 Å². The van der Waals surface area contributed by atoms with E-state index in [1.807, 2.05) is 0 Å². The molecule has 3 heterocycles. The van der Waals surface area contributed by atoms with Crippen molar-refractivity contribution in [1.82, 2.24) is 0 Å². The van der Waals surface area contributed by atoms with Gasteiger partial charge < -0.3 is 49.2 Å². The van der Waals surface area contributed by atoms with Gasteiger partial charge in [-0.25, -0.2) is 0 Å². The molecule has 17 atom stereocenters. The summed E-state index contributed by atoms with van der Waals surface area (Å²) >= 11 is 0. The second kappa shape index (κ2) is 10.0. The zero-order chi connectivity index (χ0) is 34.8. The Bertz CT molecular complexity index is 1410. The first-order chi connectivity index (χ1) is 22.2. The summed E-state index contributed by atoms with van der Waals surface area (Å²) < 4.78 is 31.5. The molecule has 0 aromatic heterocycles. The van der Waals surface area contributed by atoms with Crippen LogP contribution in [0.25, 0.3) is 0 Å². The number of aliphatic hydroxyl groups is 5. The third-order valence-electron chi connectivity index (χ3n) is 15.8. The number of esters is 1. The van der Waals surface area contributed by atoms with Gasteiger partial charge in [0.15, 0.2) is 6.29 Å². The summed E-state index contributed by atoms with van der Waals surface area (Å²) in [7, 11) is 0. The summed E-state index contributed by atoms with van der Waals surface area (Å²) in [5.41, 5.74) is -0.907. The summed E-state index contributed by atoms with van der Waals surface area (Å²) in [5.74, 6) is -2.11. The van der Waals surface area contributed by atoms with Crippen LogP contribution < -0.4 is 0 Å². The van der Waals surface area contributed by atoms with E-state index in [0.717, 1.165) is 32.1 Å². The van der Waals surface area contributed by atoms with Crippen LogP contribution in [0.15, 0.2) is 11.6 Å². The number of aliphatic hydroxyl groups excluding tert-OH is 4. The number of fused-ring (bicyclic) bond motifs is 5. The first kappa shape index (κ1) is 34.0. The van der Waals surface area contributed by atoms with Crippen LogP contribution in [0.5, 0.6) is 0 Å². The molecule has 8 aliphatic rings. The first-order valence-corrected chi connectivity index (χ1v) is 18.2. The topological polar surface area (TPSA) is 164 Å². The Morgan fingerprint density at radius 1 is 0.979 bits per heavy atom. The van der Waals surface area contributed by atoms with Crippen LogP contribution in [0, 0.1) is 44.8 Å². The predicted molar refractivity (Wildman–Crippen MR) is 170 cm³/mol. The van der Waals surface area contributed by atoms with E-state index in [-0.39, 0.29) is 64.9 Å². The third-order valence-corrected chi connectivity index (χ3v) is 15.8. The zero-order valence-electron chi connectivity index (χ0n) is 29.6. The number of rotatable bonds is 3. The number of ether oxygens (including phenoxy) is 5. The highest BCUT2D eigenvalue weighted by atomic mass is 16.7. The van der Waals surface area contributed by atoms with Gasteiger partial charge in [-0.05, 0) is 75.0 Å². The lowest BCUT2D eigenvalue weighted by atomic mass is 9.44. The predicted octanol–water partition coefficient (Wildman–Crippen LogP) is 2.58. The maximum Gasteiger partial charge on any atom is 0.302 e. The Labute approximate surface area is 283 Å². The van der Waals surface area contributed by atoms with Gasteiger partial charge in [0, 0.05) is 29.1 Å². The number of allylic oxidation sites excluding steroid dienone is 2. The van der Waals surface area contributed by atoms with Gasteiger partial charge in [-0.1, -0.05) is 46.3 Å². The lowest BCUT2D eigenvalue weighted by Crippen LogP contribution is -2.64. The van der Waals surface area contributed by atoms with Gasteiger partial charge in [0.2, 0.25) is 5.79 Å². The van der Waals surface area contributed by atoms with E-state index in [0.29, 0.717) is 6.42 Å². The molecule has 8 rings (SSSR count). The minimum Gasteiger partial charge on any atom is -0.462 e. The van der Waals surface area contributed by atoms with E-state index < -0.39 is 59.0 Å². The molecule has 4 saturated carbocycles. The van der Waals surface area contributed by atoms with E-state index in [9.17, 15) is 30.3 Å². The lowest BCUT2D eigenvalue weighted by molar-refractivity contribution is -0.329. The average molecular weight is 677 g/mol. The summed E-state index contributed by atoms with van der Waals surface area (Å²) in [5, 5.41) is 54.0. The van der Waals surface area contributed by atoms with E-state index in [1.165, 1.54) is 12.5 Å². The lowest BCUT2D eigenvalue weighted by Gasteiger charge is -2.62. The van der Waals surface area contributed by atoms with Crippen LogP contribution >= 0.6 is 0 Å². The molecule has 48 heavy (non-hydrogen) atoms. The standard InChI is InChI=1S/C37H56O11/c1-17-25-20(47-37(43)28(17)48-32(5,6)30(37)42)13-33(7)22-10-9-21-31(3,4)23(46-29-27(41)26(40)19(39)15-44-29)11-12-35(21)16-36(22,35)14-24(34(25,33)8)45-18(2)38/h10,17,19-21,23-30,39-43H,9,11-16H2,1-8H3/t17-,19+,20-,21?,23-,24+,25-,26-,27+,28+,29-,30+,33-,34+,35+,36-,37-/m0/s1. The highest BCUT2D eigenvalue weighted by molar-refractivity contribution is 5.66. The maximum atomic E-state index is 12.9. The van der Waals surface area contributed by atoms with Crippen molar-refractivity contribution < 1.29 is 54.0 Å². The Morgan fingerprint density at radius 2 is 1.69 bits per heavy atom. The van der Waals surface area contributed by atoms with Crippen molar-refractivity contribution >= 4 is 5.97 Å². The van der Waals surface area contributed by atoms with Crippen LogP contribution in [0.4, 0.5) is 0 Å². The van der Waals surface area contributed by atoms with Gasteiger partial charge in [-0.15, -0.1) is 0 Å². The highest BCUT2D eigenvalue weighted by Gasteiger charge is 2.85. The van der Waals surface area contributed by atoms with Crippen molar-refractivity contribution in [2.45, 2.75) is 160 Å². The molecule has 0 aromatic carbocycles. The van der Waals surface area contributed by atoms with Gasteiger partial charge in [0.25, 0.3) is 0 Å². The second-order valence-electron chi connectivity index (χ2n) is 18.5. The zero-order valence-corrected chi connectivity index (χ0v) is 29.6. The minimum atomic E-state index is -1.82. The number of hydrogen-bond acceptors (Lipinski definition) is 11. The number of carbonyl (C=O) groups excluding carboxylic acids is 1. The van der Waals surface area contributed by atoms with Crippen LogP contribution in [-0.4, -0.2) is 105 Å². The first-order valence-electron chi connectivity index (χ1n) is 18.2. The molecule has 0 radical (unpaired) electrons. The minimum absolute atomic E-state index is 0.0107. The molecule has 5 N–H and O–H groups in total. The molecule has 0 aromatic rings. The van der Waals surface area contributed by atoms with Crippen molar-refractivity contribution in [2.75, 3.05) is 6.61 Å². The quantitative estimate of drug-likeness (QED) is 0.221. The Hall–Kier alpha value is -1.15. The molecular weight excluding hydrogens is 620 g/mol. The van der Waals surface area contributed by atoms with E-state index in [1.54, 1.807) is 13.8 Å². The molecule has 0 bridgehead atoms. The van der Waals surface area contributed by atoms with E-state index in [2.05, 4.69) is 40.7 Å². The summed E-state index contributed by atoms with van der Waals surface area (Å²) in [6.07, 6.45) is -0.377. The molecule has 3 aliphatic heterocycles. The Kier molecular flexibility index (Phi) is 7.10. The Morgan fingerprint density at radius 3 is 2.38 bits per heavy atom. The number of carbonyl (C=O) groups is 1. The summed E-state index contributed by atoms with van der Waals surface area (Å²) in [6.45, 7) is 16.1. The van der Waals surface area contributed by atoms with Crippen LogP contribution in [0.3, 0.4) is 0 Å². The maximum absolute atomic E-state index is 12.9. The molecule has 7 fully saturated rings. The summed E-state index contributed by atoms with van der Waals surface area (Å²) in [4.78, 5) is 12.9. The second-order valence-corrected chi connectivity index (χ2v) is 18.5. The molecule has 1 unspecified atom stereocenters. The fraction of sp³-hybridized carbons (Fsp3) is 0.919. The molecule has 3 saturated heterocycles. The van der Waals surface area contributed by atoms with Crippen LogP contribution in [-0.2, 0) is 28.5 Å². The van der Waals surface area contributed by atoms with E-state index >= 15 is 0 Å².